The zero-order valence-corrected chi connectivity index (χ0v) is 14.9. The summed E-state index contributed by atoms with van der Waals surface area (Å²) in [6, 6.07) is 18.0. The van der Waals surface area contributed by atoms with Gasteiger partial charge in [0, 0.05) is 12.3 Å². The quantitative estimate of drug-likeness (QED) is 0.494. The van der Waals surface area contributed by atoms with Crippen molar-refractivity contribution >= 4 is 22.7 Å². The number of thioether (sulfide) groups is 1. The minimum Gasteiger partial charge on any atom is -0.287 e. The van der Waals surface area contributed by atoms with E-state index in [0.29, 0.717) is 17.8 Å². The van der Waals surface area contributed by atoms with Crippen molar-refractivity contribution < 1.29 is 0 Å². The number of rotatable bonds is 6. The summed E-state index contributed by atoms with van der Waals surface area (Å²) in [5.74, 6) is 1.31. The van der Waals surface area contributed by atoms with Crippen LogP contribution in [0.4, 0.5) is 0 Å². The molecule has 0 spiro atoms. The maximum atomic E-state index is 12.8. The Kier molecular flexibility index (Phi) is 5.36. The van der Waals surface area contributed by atoms with Crippen LogP contribution in [0.2, 0.25) is 0 Å². The van der Waals surface area contributed by atoms with Crippen molar-refractivity contribution in [2.45, 2.75) is 32.0 Å². The van der Waals surface area contributed by atoms with Crippen molar-refractivity contribution in [1.82, 2.24) is 9.55 Å². The molecule has 0 radical (unpaired) electrons. The Bertz CT molecular complexity index is 872. The maximum Gasteiger partial charge on any atom is 0.262 e. The average molecular weight is 338 g/mol. The Hall–Kier alpha value is -2.07. The van der Waals surface area contributed by atoms with Gasteiger partial charge in [0.25, 0.3) is 5.56 Å². The van der Waals surface area contributed by atoms with Crippen LogP contribution in [0.25, 0.3) is 10.9 Å². The second-order valence-electron chi connectivity index (χ2n) is 6.31. The van der Waals surface area contributed by atoms with Crippen molar-refractivity contribution in [1.29, 1.82) is 0 Å². The standard InChI is InChI=1S/C20H22N2OS/c1-15(2)14-22-19(23)17-10-6-7-11-18(17)21-20(22)24-13-12-16-8-4-3-5-9-16/h3-11,15H,12-14H2,1-2H3. The first kappa shape index (κ1) is 16.8. The Morgan fingerprint density at radius 2 is 1.75 bits per heavy atom. The van der Waals surface area contributed by atoms with Gasteiger partial charge in [-0.1, -0.05) is 68.1 Å². The minimum atomic E-state index is 0.0662. The van der Waals surface area contributed by atoms with Gasteiger partial charge in [-0.05, 0) is 30.0 Å². The molecular formula is C20H22N2OS. The molecule has 0 bridgehead atoms. The second-order valence-corrected chi connectivity index (χ2v) is 7.37. The lowest BCUT2D eigenvalue weighted by molar-refractivity contribution is 0.475. The fourth-order valence-corrected chi connectivity index (χ4v) is 3.69. The van der Waals surface area contributed by atoms with E-state index in [1.54, 1.807) is 11.8 Å². The molecule has 0 amide bonds. The molecule has 0 fully saturated rings. The van der Waals surface area contributed by atoms with Crippen molar-refractivity contribution in [3.05, 3.63) is 70.5 Å². The predicted molar refractivity (Wildman–Crippen MR) is 102 cm³/mol. The third-order valence-electron chi connectivity index (χ3n) is 3.84. The highest BCUT2D eigenvalue weighted by atomic mass is 32.2. The third-order valence-corrected chi connectivity index (χ3v) is 4.82. The molecule has 1 aromatic heterocycles. The van der Waals surface area contributed by atoms with E-state index in [1.165, 1.54) is 5.56 Å². The van der Waals surface area contributed by atoms with Crippen LogP contribution in [-0.2, 0) is 13.0 Å². The normalized spacial score (nSPS) is 11.3. The van der Waals surface area contributed by atoms with Crippen LogP contribution in [0.5, 0.6) is 0 Å². The van der Waals surface area contributed by atoms with Gasteiger partial charge < -0.3 is 0 Å². The van der Waals surface area contributed by atoms with Gasteiger partial charge in [-0.3, -0.25) is 9.36 Å². The summed E-state index contributed by atoms with van der Waals surface area (Å²) < 4.78 is 1.84. The van der Waals surface area contributed by atoms with E-state index in [-0.39, 0.29) is 5.56 Å². The fraction of sp³-hybridized carbons (Fsp3) is 0.300. The molecule has 4 heteroatoms. The Balaban J connectivity index is 1.88. The smallest absolute Gasteiger partial charge is 0.262 e. The topological polar surface area (TPSA) is 34.9 Å². The van der Waals surface area contributed by atoms with E-state index < -0.39 is 0 Å². The highest BCUT2D eigenvalue weighted by Gasteiger charge is 2.12. The van der Waals surface area contributed by atoms with Gasteiger partial charge in [-0.25, -0.2) is 4.98 Å². The van der Waals surface area contributed by atoms with Gasteiger partial charge in [0.2, 0.25) is 0 Å². The summed E-state index contributed by atoms with van der Waals surface area (Å²) in [5, 5.41) is 1.52. The van der Waals surface area contributed by atoms with Crippen LogP contribution in [0.3, 0.4) is 0 Å². The first-order valence-electron chi connectivity index (χ1n) is 8.31. The van der Waals surface area contributed by atoms with Crippen LogP contribution in [-0.4, -0.2) is 15.3 Å². The summed E-state index contributed by atoms with van der Waals surface area (Å²) in [6.45, 7) is 4.95. The van der Waals surface area contributed by atoms with E-state index in [9.17, 15) is 4.79 Å². The zero-order chi connectivity index (χ0) is 16.9. The van der Waals surface area contributed by atoms with Gasteiger partial charge in [0.1, 0.15) is 0 Å². The number of hydrogen-bond acceptors (Lipinski definition) is 3. The highest BCUT2D eigenvalue weighted by Crippen LogP contribution is 2.20. The van der Waals surface area contributed by atoms with Crippen LogP contribution >= 0.6 is 11.8 Å². The molecule has 0 aliphatic carbocycles. The molecule has 0 saturated carbocycles. The summed E-state index contributed by atoms with van der Waals surface area (Å²) in [6.07, 6.45) is 0.968. The summed E-state index contributed by atoms with van der Waals surface area (Å²) >= 11 is 1.66. The molecule has 0 saturated heterocycles. The maximum absolute atomic E-state index is 12.8. The molecule has 0 N–H and O–H groups in total. The largest absolute Gasteiger partial charge is 0.287 e. The van der Waals surface area contributed by atoms with Gasteiger partial charge in [0.05, 0.1) is 10.9 Å². The number of aryl methyl sites for hydroxylation is 1. The van der Waals surface area contributed by atoms with E-state index >= 15 is 0 Å². The molecule has 0 atom stereocenters. The van der Waals surface area contributed by atoms with Crippen molar-refractivity contribution in [2.75, 3.05) is 5.75 Å². The van der Waals surface area contributed by atoms with Crippen molar-refractivity contribution in [3.63, 3.8) is 0 Å². The predicted octanol–water partition coefficient (Wildman–Crippen LogP) is 4.39. The van der Waals surface area contributed by atoms with E-state index in [0.717, 1.165) is 22.8 Å². The van der Waals surface area contributed by atoms with Gasteiger partial charge in [-0.15, -0.1) is 0 Å². The number of benzene rings is 2. The van der Waals surface area contributed by atoms with Crippen LogP contribution < -0.4 is 5.56 Å². The number of nitrogens with zero attached hydrogens (tertiary/aromatic N) is 2. The average Bonchev–Trinajstić information content (AvgIpc) is 2.59. The Labute approximate surface area is 146 Å². The van der Waals surface area contributed by atoms with Gasteiger partial charge in [-0.2, -0.15) is 0 Å². The molecule has 3 nitrogen and oxygen atoms in total. The Morgan fingerprint density at radius 1 is 1.04 bits per heavy atom. The monoisotopic (exact) mass is 338 g/mol. The SMILES string of the molecule is CC(C)Cn1c(SCCc2ccccc2)nc2ccccc2c1=O. The van der Waals surface area contributed by atoms with E-state index in [2.05, 4.69) is 38.1 Å². The van der Waals surface area contributed by atoms with Crippen molar-refractivity contribution in [2.24, 2.45) is 5.92 Å². The molecule has 0 aliphatic rings. The Morgan fingerprint density at radius 3 is 2.50 bits per heavy atom. The van der Waals surface area contributed by atoms with E-state index in [4.69, 9.17) is 4.98 Å². The third kappa shape index (κ3) is 3.88. The van der Waals surface area contributed by atoms with Crippen LogP contribution in [0, 0.1) is 5.92 Å². The molecule has 1 heterocycles. The first-order valence-corrected chi connectivity index (χ1v) is 9.30. The molecule has 2 aromatic carbocycles. The number of para-hydroxylation sites is 1. The summed E-state index contributed by atoms with van der Waals surface area (Å²) in [7, 11) is 0. The minimum absolute atomic E-state index is 0.0662. The molecule has 0 aliphatic heterocycles. The zero-order valence-electron chi connectivity index (χ0n) is 14.1. The number of hydrogen-bond donors (Lipinski definition) is 0. The molecule has 3 aromatic rings. The lowest BCUT2D eigenvalue weighted by Crippen LogP contribution is -2.25. The molecule has 124 valence electrons. The summed E-state index contributed by atoms with van der Waals surface area (Å²) in [4.78, 5) is 17.6. The van der Waals surface area contributed by atoms with Crippen LogP contribution in [0.15, 0.2) is 64.5 Å². The molecule has 24 heavy (non-hydrogen) atoms. The lowest BCUT2D eigenvalue weighted by Gasteiger charge is -2.14. The molecular weight excluding hydrogens is 316 g/mol. The first-order chi connectivity index (χ1) is 11.6. The fourth-order valence-electron chi connectivity index (χ4n) is 2.69. The second kappa shape index (κ2) is 7.67. The van der Waals surface area contributed by atoms with Crippen molar-refractivity contribution in [3.8, 4) is 0 Å². The summed E-state index contributed by atoms with van der Waals surface area (Å²) in [5.41, 5.74) is 2.16. The molecule has 3 rings (SSSR count). The number of fused-ring (bicyclic) bond motifs is 1. The van der Waals surface area contributed by atoms with Crippen LogP contribution in [0.1, 0.15) is 19.4 Å². The van der Waals surface area contributed by atoms with Gasteiger partial charge in [0.15, 0.2) is 5.16 Å². The van der Waals surface area contributed by atoms with E-state index in [1.807, 2.05) is 34.9 Å². The van der Waals surface area contributed by atoms with Gasteiger partial charge >= 0.3 is 0 Å². The highest BCUT2D eigenvalue weighted by molar-refractivity contribution is 7.99. The lowest BCUT2D eigenvalue weighted by atomic mass is 10.2. The molecule has 0 unspecified atom stereocenters. The number of aromatic nitrogens is 2.